The van der Waals surface area contributed by atoms with Crippen LogP contribution in [0.15, 0.2) is 0 Å². The van der Waals surface area contributed by atoms with E-state index in [1.807, 2.05) is 6.92 Å². The number of rotatable bonds is 3. The number of esters is 2. The van der Waals surface area contributed by atoms with Gasteiger partial charge in [0.05, 0.1) is 4.83 Å². The summed E-state index contributed by atoms with van der Waals surface area (Å²) in [5.41, 5.74) is -0.213. The van der Waals surface area contributed by atoms with Crippen molar-refractivity contribution < 1.29 is 23.9 Å². The smallest absolute Gasteiger partial charge is 0.302 e. The third-order valence-corrected chi connectivity index (χ3v) is 11.2. The van der Waals surface area contributed by atoms with Gasteiger partial charge in [0.2, 0.25) is 0 Å². The van der Waals surface area contributed by atoms with Crippen LogP contribution >= 0.6 is 15.9 Å². The number of ketones is 1. The van der Waals surface area contributed by atoms with Gasteiger partial charge in [0.15, 0.2) is 5.78 Å². The van der Waals surface area contributed by atoms with Crippen LogP contribution in [0.25, 0.3) is 0 Å². The minimum absolute atomic E-state index is 0.00343. The summed E-state index contributed by atoms with van der Waals surface area (Å²) in [7, 11) is 0. The molecule has 4 fully saturated rings. The molecule has 31 heavy (non-hydrogen) atoms. The molecule has 0 aromatic rings. The van der Waals surface area contributed by atoms with Crippen molar-refractivity contribution in [3.63, 3.8) is 0 Å². The SMILES string of the molecule is CC(=O)O[C@@H]1CC[C@@]2(C)[C@@H](CC[C@@H]3[C@@H]2C(=O)[C@H](Br)[C@]2(C)[C@@H]([C@@H](C)OC(C)=O)CC[C@@H]32)C1. The number of Topliss-reactive ketones (excluding diaryl/α,β-unsaturated/α-hetero) is 1. The van der Waals surface area contributed by atoms with Crippen molar-refractivity contribution in [3.8, 4) is 0 Å². The molecule has 6 heteroatoms. The van der Waals surface area contributed by atoms with Crippen molar-refractivity contribution in [1.82, 2.24) is 0 Å². The summed E-state index contributed by atoms with van der Waals surface area (Å²) in [5, 5.41) is 0. The monoisotopic (exact) mass is 496 g/mol. The summed E-state index contributed by atoms with van der Waals surface area (Å²) < 4.78 is 11.2. The van der Waals surface area contributed by atoms with E-state index in [9.17, 15) is 14.4 Å². The van der Waals surface area contributed by atoms with Crippen LogP contribution in [-0.4, -0.2) is 34.8 Å². The Kier molecular flexibility index (Phi) is 6.11. The molecule has 0 heterocycles. The van der Waals surface area contributed by atoms with Gasteiger partial charge in [0, 0.05) is 25.7 Å². The van der Waals surface area contributed by atoms with Crippen LogP contribution in [0.3, 0.4) is 0 Å². The molecule has 4 rings (SSSR count). The molecule has 4 aliphatic rings. The quantitative estimate of drug-likeness (QED) is 0.402. The van der Waals surface area contributed by atoms with Gasteiger partial charge in [-0.15, -0.1) is 0 Å². The van der Waals surface area contributed by atoms with E-state index in [1.54, 1.807) is 0 Å². The molecule has 0 aliphatic heterocycles. The molecule has 4 saturated carbocycles. The third-order valence-electron chi connectivity index (χ3n) is 9.73. The second kappa shape index (κ2) is 8.14. The Bertz CT molecular complexity index is 767. The fourth-order valence-corrected chi connectivity index (χ4v) is 9.42. The minimum atomic E-state index is -0.247. The Morgan fingerprint density at radius 1 is 1.06 bits per heavy atom. The van der Waals surface area contributed by atoms with E-state index in [-0.39, 0.29) is 51.6 Å². The lowest BCUT2D eigenvalue weighted by Gasteiger charge is -2.61. The Morgan fingerprint density at radius 3 is 2.42 bits per heavy atom. The molecule has 10 atom stereocenters. The number of ether oxygens (including phenoxy) is 2. The van der Waals surface area contributed by atoms with Gasteiger partial charge in [-0.05, 0) is 80.5 Å². The van der Waals surface area contributed by atoms with Crippen molar-refractivity contribution in [2.75, 3.05) is 0 Å². The summed E-state index contributed by atoms with van der Waals surface area (Å²) >= 11 is 3.88. The molecule has 5 nitrogen and oxygen atoms in total. The normalized spacial score (nSPS) is 47.5. The van der Waals surface area contributed by atoms with E-state index < -0.39 is 0 Å². The Balaban J connectivity index is 1.61. The van der Waals surface area contributed by atoms with Gasteiger partial charge in [-0.2, -0.15) is 0 Å². The van der Waals surface area contributed by atoms with E-state index in [2.05, 4.69) is 29.8 Å². The average molecular weight is 497 g/mol. The molecule has 0 spiro atoms. The van der Waals surface area contributed by atoms with Crippen molar-refractivity contribution in [1.29, 1.82) is 0 Å². The van der Waals surface area contributed by atoms with Gasteiger partial charge < -0.3 is 9.47 Å². The number of hydrogen-bond donors (Lipinski definition) is 0. The maximum atomic E-state index is 14.0. The summed E-state index contributed by atoms with van der Waals surface area (Å²) in [6, 6.07) is 0. The molecule has 0 bridgehead atoms. The number of carbonyl (C=O) groups is 3. The van der Waals surface area contributed by atoms with Crippen LogP contribution < -0.4 is 0 Å². The predicted molar refractivity (Wildman–Crippen MR) is 120 cm³/mol. The first-order valence-corrected chi connectivity index (χ1v) is 12.9. The largest absolute Gasteiger partial charge is 0.463 e. The Labute approximate surface area is 194 Å². The third kappa shape index (κ3) is 3.59. The van der Waals surface area contributed by atoms with Gasteiger partial charge in [-0.1, -0.05) is 29.8 Å². The maximum absolute atomic E-state index is 14.0. The molecule has 0 radical (unpaired) electrons. The molecule has 0 aromatic carbocycles. The van der Waals surface area contributed by atoms with Gasteiger partial charge in [0.25, 0.3) is 0 Å². The lowest BCUT2D eigenvalue weighted by Crippen LogP contribution is -2.62. The Morgan fingerprint density at radius 2 is 1.77 bits per heavy atom. The van der Waals surface area contributed by atoms with Crippen molar-refractivity contribution >= 4 is 33.7 Å². The molecule has 0 amide bonds. The molecular weight excluding hydrogens is 460 g/mol. The molecule has 4 aliphatic carbocycles. The first kappa shape index (κ1) is 23.3. The number of halogens is 1. The highest BCUT2D eigenvalue weighted by Gasteiger charge is 2.67. The zero-order chi connectivity index (χ0) is 22.7. The lowest BCUT2D eigenvalue weighted by atomic mass is 9.44. The fourth-order valence-electron chi connectivity index (χ4n) is 8.45. The fraction of sp³-hybridized carbons (Fsp3) is 0.880. The average Bonchev–Trinajstić information content (AvgIpc) is 3.03. The standard InChI is InChI=1S/C25H37BrO5/c1-13(30-14(2)27)19-8-9-20-18-7-6-16-12-17(31-15(3)28)10-11-24(16,4)21(18)22(29)23(26)25(19,20)5/h13,16-21,23H,6-12H2,1-5H3/t13-,16+,17-,18+,19-,20+,21-,23+,24+,25-/m1/s1. The van der Waals surface area contributed by atoms with Crippen LogP contribution in [0.4, 0.5) is 0 Å². The second-order valence-electron chi connectivity index (χ2n) is 11.2. The van der Waals surface area contributed by atoms with Gasteiger partial charge in [-0.3, -0.25) is 14.4 Å². The second-order valence-corrected chi connectivity index (χ2v) is 12.1. The minimum Gasteiger partial charge on any atom is -0.463 e. The summed E-state index contributed by atoms with van der Waals surface area (Å²) in [5.74, 6) is 1.45. The van der Waals surface area contributed by atoms with E-state index in [0.717, 1.165) is 44.9 Å². The molecular formula is C25H37BrO5. The van der Waals surface area contributed by atoms with Crippen LogP contribution in [0.5, 0.6) is 0 Å². The van der Waals surface area contributed by atoms with Gasteiger partial charge in [-0.25, -0.2) is 0 Å². The molecule has 0 N–H and O–H groups in total. The first-order valence-electron chi connectivity index (χ1n) is 12.0. The highest BCUT2D eigenvalue weighted by molar-refractivity contribution is 9.10. The van der Waals surface area contributed by atoms with Crippen molar-refractivity contribution in [2.24, 2.45) is 40.4 Å². The maximum Gasteiger partial charge on any atom is 0.302 e. The molecule has 0 unspecified atom stereocenters. The summed E-state index contributed by atoms with van der Waals surface area (Å²) in [4.78, 5) is 36.9. The number of fused-ring (bicyclic) bond motifs is 5. The van der Waals surface area contributed by atoms with Crippen molar-refractivity contribution in [3.05, 3.63) is 0 Å². The molecule has 174 valence electrons. The zero-order valence-corrected chi connectivity index (χ0v) is 21.1. The van der Waals surface area contributed by atoms with Crippen molar-refractivity contribution in [2.45, 2.75) is 96.6 Å². The van der Waals surface area contributed by atoms with Gasteiger partial charge in [0.1, 0.15) is 12.2 Å². The molecule has 0 saturated heterocycles. The number of hydrogen-bond acceptors (Lipinski definition) is 5. The van der Waals surface area contributed by atoms with Crippen LogP contribution in [0.1, 0.15) is 79.6 Å². The topological polar surface area (TPSA) is 69.7 Å². The highest BCUT2D eigenvalue weighted by atomic mass is 79.9. The predicted octanol–water partition coefficient (Wildman–Crippen LogP) is 5.08. The zero-order valence-electron chi connectivity index (χ0n) is 19.5. The van der Waals surface area contributed by atoms with E-state index >= 15 is 0 Å². The van der Waals surface area contributed by atoms with E-state index in [0.29, 0.717) is 23.5 Å². The van der Waals surface area contributed by atoms with Crippen LogP contribution in [-0.2, 0) is 23.9 Å². The summed E-state index contributed by atoms with van der Waals surface area (Å²) in [6.07, 6.45) is 6.77. The lowest BCUT2D eigenvalue weighted by molar-refractivity contribution is -0.170. The van der Waals surface area contributed by atoms with Gasteiger partial charge >= 0.3 is 11.9 Å². The number of alkyl halides is 1. The number of carbonyl (C=O) groups excluding carboxylic acids is 3. The van der Waals surface area contributed by atoms with Crippen LogP contribution in [0, 0.1) is 40.4 Å². The van der Waals surface area contributed by atoms with E-state index in [4.69, 9.17) is 9.47 Å². The Hall–Kier alpha value is -0.910. The van der Waals surface area contributed by atoms with Crippen LogP contribution in [0.2, 0.25) is 0 Å². The first-order chi connectivity index (χ1) is 14.5. The summed E-state index contributed by atoms with van der Waals surface area (Å²) in [6.45, 7) is 9.53. The highest BCUT2D eigenvalue weighted by Crippen LogP contribution is 2.68. The van der Waals surface area contributed by atoms with E-state index in [1.165, 1.54) is 13.8 Å². The molecule has 0 aromatic heterocycles.